The zero-order chi connectivity index (χ0) is 26.0. The van der Waals surface area contributed by atoms with Crippen molar-refractivity contribution >= 4 is 11.9 Å². The summed E-state index contributed by atoms with van der Waals surface area (Å²) < 4.78 is 47.6. The molecule has 0 saturated heterocycles. The van der Waals surface area contributed by atoms with Crippen molar-refractivity contribution in [3.05, 3.63) is 0 Å². The van der Waals surface area contributed by atoms with E-state index >= 15 is 0 Å². The first-order chi connectivity index (χ1) is 16.8. The van der Waals surface area contributed by atoms with E-state index in [0.29, 0.717) is 92.3 Å². The van der Waals surface area contributed by atoms with Gasteiger partial charge in [0.05, 0.1) is 85.9 Å². The third-order valence-electron chi connectivity index (χ3n) is 3.82. The summed E-state index contributed by atoms with van der Waals surface area (Å²) in [5, 5.41) is 0. The van der Waals surface area contributed by atoms with Crippen LogP contribution in [0.3, 0.4) is 0 Å². The molecule has 0 aromatic carbocycles. The van der Waals surface area contributed by atoms with Crippen molar-refractivity contribution in [3.63, 3.8) is 0 Å². The minimum atomic E-state index is -0.508. The largest absolute Gasteiger partial charge is 0.463 e. The van der Waals surface area contributed by atoms with Crippen LogP contribution < -0.4 is 0 Å². The summed E-state index contributed by atoms with van der Waals surface area (Å²) in [7, 11) is 0. The van der Waals surface area contributed by atoms with E-state index in [0.717, 1.165) is 6.42 Å². The summed E-state index contributed by atoms with van der Waals surface area (Å²) in [5.41, 5.74) is -0.508. The van der Waals surface area contributed by atoms with Gasteiger partial charge in [-0.25, -0.2) is 4.79 Å². The molecule has 0 aliphatic carbocycles. The lowest BCUT2D eigenvalue weighted by atomic mass is 10.2. The van der Waals surface area contributed by atoms with E-state index in [1.807, 2.05) is 27.7 Å². The van der Waals surface area contributed by atoms with Crippen LogP contribution in [0.25, 0.3) is 0 Å². The summed E-state index contributed by atoms with van der Waals surface area (Å²) >= 11 is 0. The van der Waals surface area contributed by atoms with Crippen LogP contribution in [0.2, 0.25) is 0 Å². The van der Waals surface area contributed by atoms with Crippen LogP contribution >= 0.6 is 0 Å². The van der Waals surface area contributed by atoms with Gasteiger partial charge in [-0.2, -0.15) is 0 Å². The Kier molecular flexibility index (Phi) is 23.4. The Balaban J connectivity index is 3.14. The van der Waals surface area contributed by atoms with E-state index in [1.54, 1.807) is 0 Å². The Labute approximate surface area is 209 Å². The van der Waals surface area contributed by atoms with Gasteiger partial charge in [0, 0.05) is 6.42 Å². The first-order valence-corrected chi connectivity index (χ1v) is 12.3. The zero-order valence-corrected chi connectivity index (χ0v) is 22.0. The number of hydrogen-bond donors (Lipinski definition) is 0. The number of carbonyl (C=O) groups is 2. The molecule has 0 aromatic heterocycles. The molecule has 0 radical (unpaired) electrons. The van der Waals surface area contributed by atoms with Crippen LogP contribution in [0.4, 0.5) is 0 Å². The fourth-order valence-electron chi connectivity index (χ4n) is 2.34. The van der Waals surface area contributed by atoms with E-state index < -0.39 is 5.60 Å². The SMILES string of the molecule is CCCC(=O)OCCOCCOCCOCCOCCOCCOCCOCC(=O)OC(C)(C)C. The monoisotopic (exact) mass is 510 g/mol. The molecule has 0 rings (SSSR count). The topological polar surface area (TPSA) is 117 Å². The van der Waals surface area contributed by atoms with E-state index in [1.165, 1.54) is 0 Å². The van der Waals surface area contributed by atoms with Crippen LogP contribution in [0.15, 0.2) is 0 Å². The third kappa shape index (κ3) is 28.8. The molecule has 11 nitrogen and oxygen atoms in total. The average molecular weight is 511 g/mol. The van der Waals surface area contributed by atoms with E-state index in [2.05, 4.69) is 0 Å². The molecule has 0 aliphatic rings. The molecule has 0 unspecified atom stereocenters. The highest BCUT2D eigenvalue weighted by atomic mass is 16.6. The van der Waals surface area contributed by atoms with Crippen molar-refractivity contribution in [2.45, 2.75) is 46.1 Å². The third-order valence-corrected chi connectivity index (χ3v) is 3.82. The standard InChI is InChI=1S/C24H46O11/c1-5-6-22(25)34-20-19-32-16-15-30-12-11-28-8-7-27-9-10-29-13-14-31-17-18-33-21-23(26)35-24(2,3)4/h5-21H2,1-4H3. The quantitative estimate of drug-likeness (QED) is 0.132. The van der Waals surface area contributed by atoms with Crippen LogP contribution in [0, 0.1) is 0 Å². The van der Waals surface area contributed by atoms with Crippen molar-refractivity contribution in [1.29, 1.82) is 0 Å². The van der Waals surface area contributed by atoms with Crippen LogP contribution in [0.5, 0.6) is 0 Å². The van der Waals surface area contributed by atoms with Crippen molar-refractivity contribution in [3.8, 4) is 0 Å². The molecule has 35 heavy (non-hydrogen) atoms. The highest BCUT2D eigenvalue weighted by molar-refractivity contribution is 5.71. The second-order valence-corrected chi connectivity index (χ2v) is 8.28. The van der Waals surface area contributed by atoms with Gasteiger partial charge in [-0.1, -0.05) is 6.92 Å². The second kappa shape index (κ2) is 24.4. The molecule has 208 valence electrons. The Morgan fingerprint density at radius 2 is 0.857 bits per heavy atom. The molecule has 0 fully saturated rings. The van der Waals surface area contributed by atoms with Gasteiger partial charge in [-0.15, -0.1) is 0 Å². The zero-order valence-electron chi connectivity index (χ0n) is 22.0. The molecule has 0 bridgehead atoms. The maximum Gasteiger partial charge on any atom is 0.332 e. The predicted molar refractivity (Wildman–Crippen MR) is 127 cm³/mol. The van der Waals surface area contributed by atoms with Gasteiger partial charge in [-0.05, 0) is 27.2 Å². The molecule has 0 saturated carbocycles. The second-order valence-electron chi connectivity index (χ2n) is 8.28. The molecular formula is C24H46O11. The van der Waals surface area contributed by atoms with Gasteiger partial charge in [0.25, 0.3) is 0 Å². The Hall–Kier alpha value is -1.34. The van der Waals surface area contributed by atoms with Crippen LogP contribution in [0.1, 0.15) is 40.5 Å². The maximum atomic E-state index is 11.4. The van der Waals surface area contributed by atoms with Crippen molar-refractivity contribution in [2.75, 3.05) is 99.1 Å². The van der Waals surface area contributed by atoms with Gasteiger partial charge in [0.2, 0.25) is 0 Å². The van der Waals surface area contributed by atoms with Gasteiger partial charge >= 0.3 is 11.9 Å². The Morgan fingerprint density at radius 1 is 0.514 bits per heavy atom. The Bertz CT molecular complexity index is 494. The van der Waals surface area contributed by atoms with Gasteiger partial charge < -0.3 is 42.6 Å². The van der Waals surface area contributed by atoms with E-state index in [4.69, 9.17) is 42.6 Å². The van der Waals surface area contributed by atoms with Crippen molar-refractivity contribution < 1.29 is 52.2 Å². The van der Waals surface area contributed by atoms with Crippen LogP contribution in [-0.4, -0.2) is 117 Å². The molecule has 11 heteroatoms. The molecule has 0 atom stereocenters. The lowest BCUT2D eigenvalue weighted by Crippen LogP contribution is -2.27. The predicted octanol–water partition coefficient (Wildman–Crippen LogP) is 1.79. The van der Waals surface area contributed by atoms with Gasteiger partial charge in [0.15, 0.2) is 0 Å². The minimum absolute atomic E-state index is 0.0828. The Morgan fingerprint density at radius 3 is 1.20 bits per heavy atom. The lowest BCUT2D eigenvalue weighted by molar-refractivity contribution is -0.160. The number of esters is 2. The van der Waals surface area contributed by atoms with Crippen molar-refractivity contribution in [1.82, 2.24) is 0 Å². The van der Waals surface area contributed by atoms with Gasteiger partial charge in [-0.3, -0.25) is 4.79 Å². The highest BCUT2D eigenvalue weighted by Gasteiger charge is 2.15. The molecule has 0 amide bonds. The summed E-state index contributed by atoms with van der Waals surface area (Å²) in [6.45, 7) is 13.3. The highest BCUT2D eigenvalue weighted by Crippen LogP contribution is 2.06. The van der Waals surface area contributed by atoms with Crippen molar-refractivity contribution in [2.24, 2.45) is 0 Å². The summed E-state index contributed by atoms with van der Waals surface area (Å²) in [6.07, 6.45) is 1.22. The smallest absolute Gasteiger partial charge is 0.332 e. The molecule has 0 aliphatic heterocycles. The molecular weight excluding hydrogens is 464 g/mol. The lowest BCUT2D eigenvalue weighted by Gasteiger charge is -2.19. The van der Waals surface area contributed by atoms with E-state index in [9.17, 15) is 9.59 Å². The normalized spacial score (nSPS) is 11.5. The molecule has 0 N–H and O–H groups in total. The average Bonchev–Trinajstić information content (AvgIpc) is 2.78. The summed E-state index contributed by atoms with van der Waals surface area (Å²) in [5.74, 6) is -0.579. The maximum absolute atomic E-state index is 11.4. The minimum Gasteiger partial charge on any atom is -0.463 e. The first kappa shape index (κ1) is 33.7. The van der Waals surface area contributed by atoms with E-state index in [-0.39, 0.29) is 25.2 Å². The number of ether oxygens (including phenoxy) is 9. The first-order valence-electron chi connectivity index (χ1n) is 12.3. The summed E-state index contributed by atoms with van der Waals surface area (Å²) in [4.78, 5) is 22.6. The fourth-order valence-corrected chi connectivity index (χ4v) is 2.34. The summed E-state index contributed by atoms with van der Waals surface area (Å²) in [6, 6.07) is 0. The molecule has 0 aromatic rings. The molecule has 0 spiro atoms. The number of rotatable bonds is 25. The fraction of sp³-hybridized carbons (Fsp3) is 0.917. The number of hydrogen-bond acceptors (Lipinski definition) is 11. The number of carbonyl (C=O) groups excluding carboxylic acids is 2. The molecule has 0 heterocycles. The van der Waals surface area contributed by atoms with Crippen LogP contribution in [-0.2, 0) is 52.2 Å². The van der Waals surface area contributed by atoms with Gasteiger partial charge in [0.1, 0.15) is 18.8 Å².